The van der Waals surface area contributed by atoms with Crippen molar-refractivity contribution < 1.29 is 0 Å². The van der Waals surface area contributed by atoms with Gasteiger partial charge < -0.3 is 0 Å². The Balaban J connectivity index is 1.60. The van der Waals surface area contributed by atoms with Gasteiger partial charge in [0.15, 0.2) is 0 Å². The largest absolute Gasteiger partial charge is 0.120 e. The van der Waals surface area contributed by atoms with Gasteiger partial charge in [-0.05, 0) is 84.8 Å². The standard InChI is InChI=1S/C25H24/c1-20-8-6-10-22(15-14-20)11-7-12-23-16-18-24(19-17-23)25-13-5-3-4-9-21(25)2/h3-4,6,9-10,13-19H,7,11-12H2,1-2H3. The highest BCUT2D eigenvalue weighted by Gasteiger charge is 2.03. The molecular weight excluding hydrogens is 300 g/mol. The third kappa shape index (κ3) is 4.85. The van der Waals surface area contributed by atoms with Crippen LogP contribution >= 0.6 is 0 Å². The minimum absolute atomic E-state index is 1.10. The molecule has 0 unspecified atom stereocenters. The van der Waals surface area contributed by atoms with Crippen molar-refractivity contribution in [2.75, 3.05) is 0 Å². The van der Waals surface area contributed by atoms with Crippen LogP contribution in [0.15, 0.2) is 101 Å². The molecule has 0 saturated carbocycles. The third-order valence-corrected chi connectivity index (χ3v) is 4.54. The molecular formula is C25H24. The fraction of sp³-hybridized carbons (Fsp3) is 0.200. The first-order valence-corrected chi connectivity index (χ1v) is 8.92. The van der Waals surface area contributed by atoms with Crippen molar-refractivity contribution in [3.63, 3.8) is 0 Å². The fourth-order valence-corrected chi connectivity index (χ4v) is 3.02. The third-order valence-electron chi connectivity index (χ3n) is 4.54. The van der Waals surface area contributed by atoms with Crippen LogP contribution in [-0.4, -0.2) is 0 Å². The van der Waals surface area contributed by atoms with Gasteiger partial charge in [-0.15, -0.1) is 11.5 Å². The molecule has 25 heavy (non-hydrogen) atoms. The maximum Gasteiger partial charge on any atom is -0.00775 e. The molecule has 2 aliphatic carbocycles. The van der Waals surface area contributed by atoms with Crippen LogP contribution in [0.5, 0.6) is 0 Å². The molecule has 0 N–H and O–H groups in total. The summed E-state index contributed by atoms with van der Waals surface area (Å²) in [6.45, 7) is 4.23. The number of aryl methyl sites for hydroxylation is 1. The highest BCUT2D eigenvalue weighted by molar-refractivity contribution is 5.78. The first-order valence-electron chi connectivity index (χ1n) is 8.92. The zero-order valence-corrected chi connectivity index (χ0v) is 15.0. The smallest absolute Gasteiger partial charge is 0.00775 e. The minimum Gasteiger partial charge on any atom is -0.120 e. The lowest BCUT2D eigenvalue weighted by Gasteiger charge is -2.07. The predicted molar refractivity (Wildman–Crippen MR) is 108 cm³/mol. The van der Waals surface area contributed by atoms with Gasteiger partial charge in [-0.1, -0.05) is 54.6 Å². The summed E-state index contributed by atoms with van der Waals surface area (Å²) >= 11 is 0. The molecule has 0 radical (unpaired) electrons. The van der Waals surface area contributed by atoms with E-state index in [0.717, 1.165) is 19.3 Å². The van der Waals surface area contributed by atoms with Gasteiger partial charge in [0.2, 0.25) is 0 Å². The van der Waals surface area contributed by atoms with Gasteiger partial charge in [0, 0.05) is 0 Å². The Morgan fingerprint density at radius 3 is 2.56 bits per heavy atom. The summed E-state index contributed by atoms with van der Waals surface area (Å²) in [7, 11) is 0. The minimum atomic E-state index is 1.10. The summed E-state index contributed by atoms with van der Waals surface area (Å²) in [4.78, 5) is 0. The van der Waals surface area contributed by atoms with E-state index in [1.54, 1.807) is 0 Å². The molecule has 0 amide bonds. The normalized spacial score (nSPS) is 15.9. The summed E-state index contributed by atoms with van der Waals surface area (Å²) in [5.74, 6) is 0. The topological polar surface area (TPSA) is 0 Å². The lowest BCUT2D eigenvalue weighted by atomic mass is 9.97. The van der Waals surface area contributed by atoms with Crippen LogP contribution in [0, 0.1) is 0 Å². The van der Waals surface area contributed by atoms with Crippen LogP contribution in [0.2, 0.25) is 0 Å². The van der Waals surface area contributed by atoms with E-state index in [1.165, 1.54) is 33.4 Å². The van der Waals surface area contributed by atoms with E-state index in [4.69, 9.17) is 0 Å². The molecule has 1 aromatic rings. The lowest BCUT2D eigenvalue weighted by Crippen LogP contribution is -1.89. The molecule has 0 heteroatoms. The maximum absolute atomic E-state index is 3.24. The highest BCUT2D eigenvalue weighted by Crippen LogP contribution is 2.23. The van der Waals surface area contributed by atoms with Gasteiger partial charge >= 0.3 is 0 Å². The Bertz CT molecular complexity index is 880. The molecule has 0 saturated heterocycles. The zero-order chi connectivity index (χ0) is 17.5. The molecule has 0 spiro atoms. The molecule has 0 heterocycles. The molecule has 0 atom stereocenters. The molecule has 0 aromatic heterocycles. The number of hydrogen-bond donors (Lipinski definition) is 0. The maximum atomic E-state index is 3.24. The van der Waals surface area contributed by atoms with Crippen molar-refractivity contribution in [3.05, 3.63) is 112 Å². The number of benzene rings is 1. The summed E-state index contributed by atoms with van der Waals surface area (Å²) in [5.41, 5.74) is 14.2. The van der Waals surface area contributed by atoms with Crippen molar-refractivity contribution in [1.29, 1.82) is 0 Å². The second kappa shape index (κ2) is 8.36. The molecule has 0 bridgehead atoms. The summed E-state index contributed by atoms with van der Waals surface area (Å²) in [6, 6.07) is 8.97. The average Bonchev–Trinajstić information content (AvgIpc) is 2.96. The number of hydrogen-bond acceptors (Lipinski definition) is 0. The summed E-state index contributed by atoms with van der Waals surface area (Å²) in [6.07, 6.45) is 20.1. The van der Waals surface area contributed by atoms with Gasteiger partial charge in [0.05, 0.1) is 0 Å². The molecule has 0 fully saturated rings. The molecule has 1 aromatic carbocycles. The van der Waals surface area contributed by atoms with E-state index in [-0.39, 0.29) is 0 Å². The number of allylic oxidation sites excluding steroid dienone is 10. The van der Waals surface area contributed by atoms with Crippen LogP contribution < -0.4 is 0 Å². The van der Waals surface area contributed by atoms with Gasteiger partial charge in [-0.25, -0.2) is 0 Å². The Morgan fingerprint density at radius 1 is 0.880 bits per heavy atom. The van der Waals surface area contributed by atoms with Crippen molar-refractivity contribution in [2.24, 2.45) is 0 Å². The van der Waals surface area contributed by atoms with E-state index in [0.29, 0.717) is 0 Å². The molecule has 0 aliphatic heterocycles. The van der Waals surface area contributed by atoms with Crippen LogP contribution in [0.3, 0.4) is 0 Å². The van der Waals surface area contributed by atoms with E-state index < -0.39 is 0 Å². The van der Waals surface area contributed by atoms with E-state index in [1.807, 2.05) is 18.2 Å². The van der Waals surface area contributed by atoms with Crippen molar-refractivity contribution in [3.8, 4) is 0 Å². The summed E-state index contributed by atoms with van der Waals surface area (Å²) in [5, 5.41) is 0. The Hall–Kier alpha value is -2.78. The van der Waals surface area contributed by atoms with Gasteiger partial charge in [0.1, 0.15) is 0 Å². The van der Waals surface area contributed by atoms with E-state index in [2.05, 4.69) is 80.0 Å². The zero-order valence-electron chi connectivity index (χ0n) is 15.0. The number of rotatable bonds is 5. The van der Waals surface area contributed by atoms with Crippen LogP contribution in [0.4, 0.5) is 0 Å². The first-order chi connectivity index (χ1) is 12.2. The molecule has 2 aliphatic rings. The second-order valence-corrected chi connectivity index (χ2v) is 6.55. The van der Waals surface area contributed by atoms with E-state index >= 15 is 0 Å². The van der Waals surface area contributed by atoms with Crippen molar-refractivity contribution in [2.45, 2.75) is 33.1 Å². The van der Waals surface area contributed by atoms with Crippen molar-refractivity contribution in [1.82, 2.24) is 0 Å². The molecule has 3 rings (SSSR count). The second-order valence-electron chi connectivity index (χ2n) is 6.55. The van der Waals surface area contributed by atoms with Crippen molar-refractivity contribution >= 4 is 5.57 Å². The van der Waals surface area contributed by atoms with Crippen LogP contribution in [0.1, 0.15) is 37.8 Å². The van der Waals surface area contributed by atoms with E-state index in [9.17, 15) is 0 Å². The van der Waals surface area contributed by atoms with Gasteiger partial charge in [0.25, 0.3) is 0 Å². The van der Waals surface area contributed by atoms with Gasteiger partial charge in [-0.2, -0.15) is 0 Å². The monoisotopic (exact) mass is 324 g/mol. The predicted octanol–water partition coefficient (Wildman–Crippen LogP) is 6.66. The van der Waals surface area contributed by atoms with Crippen LogP contribution in [0.25, 0.3) is 5.57 Å². The highest BCUT2D eigenvalue weighted by atomic mass is 14.1. The fourth-order valence-electron chi connectivity index (χ4n) is 3.02. The quantitative estimate of drug-likeness (QED) is 0.531. The lowest BCUT2D eigenvalue weighted by molar-refractivity contribution is 0.824. The average molecular weight is 324 g/mol. The SMILES string of the molecule is CC1=C=CC=C(CCCc2ccc(C3=C(C)C=CC=C=C3)cc2)C=C1. The first kappa shape index (κ1) is 17.1. The molecule has 0 nitrogen and oxygen atoms in total. The van der Waals surface area contributed by atoms with Crippen LogP contribution in [-0.2, 0) is 6.42 Å². The Labute approximate surface area is 151 Å². The summed E-state index contributed by atoms with van der Waals surface area (Å²) < 4.78 is 0. The Morgan fingerprint density at radius 2 is 1.72 bits per heavy atom. The molecule has 124 valence electrons. The van der Waals surface area contributed by atoms with Gasteiger partial charge in [-0.3, -0.25) is 0 Å². The Kier molecular flexibility index (Phi) is 5.70.